The van der Waals surface area contributed by atoms with Crippen LogP contribution in [0.3, 0.4) is 0 Å². The van der Waals surface area contributed by atoms with Crippen LogP contribution >= 0.6 is 0 Å². The molecule has 0 unspecified atom stereocenters. The Morgan fingerprint density at radius 2 is 1.72 bits per heavy atom. The molecule has 0 aromatic heterocycles. The average molecular weight is 244 g/mol. The first-order valence-corrected chi connectivity index (χ1v) is 6.08. The topological polar surface area (TPSA) is 57.5 Å². The van der Waals surface area contributed by atoms with Gasteiger partial charge in [0.2, 0.25) is 0 Å². The monoisotopic (exact) mass is 244 g/mol. The van der Waals surface area contributed by atoms with Gasteiger partial charge in [-0.15, -0.1) is 0 Å². The van der Waals surface area contributed by atoms with E-state index >= 15 is 0 Å². The van der Waals surface area contributed by atoms with Crippen LogP contribution in [0.5, 0.6) is 11.5 Å². The van der Waals surface area contributed by atoms with Crippen LogP contribution in [0.25, 0.3) is 10.8 Å². The van der Waals surface area contributed by atoms with Crippen molar-refractivity contribution in [2.45, 2.75) is 26.7 Å². The van der Waals surface area contributed by atoms with Gasteiger partial charge in [-0.1, -0.05) is 19.9 Å². The first-order chi connectivity index (χ1) is 8.56. The van der Waals surface area contributed by atoms with E-state index in [0.717, 1.165) is 17.4 Å². The second-order valence-electron chi connectivity index (χ2n) is 4.34. The maximum atomic E-state index is 11.9. The van der Waals surface area contributed by atoms with E-state index in [-0.39, 0.29) is 17.3 Å². The van der Waals surface area contributed by atoms with E-state index in [1.165, 1.54) is 12.1 Å². The van der Waals surface area contributed by atoms with Gasteiger partial charge in [0.1, 0.15) is 0 Å². The van der Waals surface area contributed by atoms with Crippen molar-refractivity contribution in [1.82, 2.24) is 0 Å². The number of hydrogen-bond acceptors (Lipinski definition) is 3. The quantitative estimate of drug-likeness (QED) is 0.642. The summed E-state index contributed by atoms with van der Waals surface area (Å²) in [5.41, 5.74) is 1.66. The molecule has 0 fully saturated rings. The van der Waals surface area contributed by atoms with E-state index in [2.05, 4.69) is 0 Å². The minimum absolute atomic E-state index is 0.0420. The van der Waals surface area contributed by atoms with Gasteiger partial charge >= 0.3 is 0 Å². The first-order valence-electron chi connectivity index (χ1n) is 6.08. The van der Waals surface area contributed by atoms with Crippen molar-refractivity contribution in [3.63, 3.8) is 0 Å². The van der Waals surface area contributed by atoms with Crippen molar-refractivity contribution < 1.29 is 15.0 Å². The molecule has 0 atom stereocenters. The van der Waals surface area contributed by atoms with Gasteiger partial charge in [0.05, 0.1) is 0 Å². The Morgan fingerprint density at radius 3 is 2.33 bits per heavy atom. The van der Waals surface area contributed by atoms with Crippen molar-refractivity contribution in [1.29, 1.82) is 0 Å². The number of ketones is 1. The van der Waals surface area contributed by atoms with E-state index in [9.17, 15) is 15.0 Å². The molecule has 3 nitrogen and oxygen atoms in total. The second kappa shape index (κ2) is 4.69. The van der Waals surface area contributed by atoms with Gasteiger partial charge in [-0.05, 0) is 41.0 Å². The Kier molecular flexibility index (Phi) is 3.24. The number of carbonyl (C=O) groups excluding carboxylic acids is 1. The minimum Gasteiger partial charge on any atom is -0.504 e. The lowest BCUT2D eigenvalue weighted by Gasteiger charge is -2.09. The summed E-state index contributed by atoms with van der Waals surface area (Å²) in [4.78, 5) is 11.9. The lowest BCUT2D eigenvalue weighted by molar-refractivity contribution is 0.0989. The molecular weight excluding hydrogens is 228 g/mol. The summed E-state index contributed by atoms with van der Waals surface area (Å²) in [5, 5.41) is 20.6. The normalized spacial score (nSPS) is 10.8. The molecule has 0 spiro atoms. The van der Waals surface area contributed by atoms with E-state index in [1.54, 1.807) is 0 Å². The number of rotatable bonds is 3. The zero-order valence-electron chi connectivity index (χ0n) is 10.5. The van der Waals surface area contributed by atoms with Gasteiger partial charge in [-0.2, -0.15) is 0 Å². The fraction of sp³-hybridized carbons (Fsp3) is 0.267. The van der Waals surface area contributed by atoms with Crippen molar-refractivity contribution in [2.75, 3.05) is 0 Å². The summed E-state index contributed by atoms with van der Waals surface area (Å²) in [6, 6.07) is 6.74. The zero-order valence-corrected chi connectivity index (χ0v) is 10.5. The lowest BCUT2D eigenvalue weighted by atomic mass is 9.96. The summed E-state index contributed by atoms with van der Waals surface area (Å²) in [5.74, 6) is -0.317. The lowest BCUT2D eigenvalue weighted by Crippen LogP contribution is -1.99. The van der Waals surface area contributed by atoms with Crippen molar-refractivity contribution >= 4 is 16.6 Å². The number of phenols is 2. The van der Waals surface area contributed by atoms with Crippen LogP contribution in [-0.2, 0) is 6.42 Å². The van der Waals surface area contributed by atoms with Crippen LogP contribution in [-0.4, -0.2) is 16.0 Å². The molecule has 0 aliphatic carbocycles. The third-order valence-electron chi connectivity index (χ3n) is 3.14. The maximum absolute atomic E-state index is 11.9. The van der Waals surface area contributed by atoms with Gasteiger partial charge in [-0.25, -0.2) is 0 Å². The van der Waals surface area contributed by atoms with E-state index in [0.29, 0.717) is 17.4 Å². The van der Waals surface area contributed by atoms with Gasteiger partial charge < -0.3 is 10.2 Å². The fourth-order valence-corrected chi connectivity index (χ4v) is 2.08. The Hall–Kier alpha value is -2.03. The SMILES string of the molecule is CCC(=O)c1cc(CC)cc2cc(O)c(O)cc12. The molecule has 2 N–H and O–H groups in total. The van der Waals surface area contributed by atoms with Crippen molar-refractivity contribution in [3.8, 4) is 11.5 Å². The number of fused-ring (bicyclic) bond motifs is 1. The maximum Gasteiger partial charge on any atom is 0.163 e. The Morgan fingerprint density at radius 1 is 1.06 bits per heavy atom. The summed E-state index contributed by atoms with van der Waals surface area (Å²) >= 11 is 0. The highest BCUT2D eigenvalue weighted by molar-refractivity contribution is 6.09. The molecule has 94 valence electrons. The highest BCUT2D eigenvalue weighted by atomic mass is 16.3. The van der Waals surface area contributed by atoms with Crippen LogP contribution in [0.15, 0.2) is 24.3 Å². The smallest absolute Gasteiger partial charge is 0.163 e. The molecule has 0 aliphatic heterocycles. The van der Waals surface area contributed by atoms with E-state index < -0.39 is 0 Å². The summed E-state index contributed by atoms with van der Waals surface area (Å²) < 4.78 is 0. The molecule has 2 aromatic rings. The van der Waals surface area contributed by atoms with Crippen LogP contribution in [0.4, 0.5) is 0 Å². The molecule has 18 heavy (non-hydrogen) atoms. The summed E-state index contributed by atoms with van der Waals surface area (Å²) in [6.07, 6.45) is 1.24. The summed E-state index contributed by atoms with van der Waals surface area (Å²) in [7, 11) is 0. The number of phenolic OH excluding ortho intramolecular Hbond substituents is 2. The van der Waals surface area contributed by atoms with Crippen molar-refractivity contribution in [3.05, 3.63) is 35.4 Å². The third kappa shape index (κ3) is 2.04. The molecule has 0 aliphatic rings. The number of aryl methyl sites for hydroxylation is 1. The van der Waals surface area contributed by atoms with Gasteiger partial charge in [0.25, 0.3) is 0 Å². The van der Waals surface area contributed by atoms with Gasteiger partial charge in [0.15, 0.2) is 17.3 Å². The number of hydrogen-bond donors (Lipinski definition) is 2. The van der Waals surface area contributed by atoms with E-state index in [4.69, 9.17) is 0 Å². The van der Waals surface area contributed by atoms with Gasteiger partial charge in [0, 0.05) is 12.0 Å². The van der Waals surface area contributed by atoms with Crippen LogP contribution in [0.1, 0.15) is 36.2 Å². The molecule has 0 bridgehead atoms. The highest BCUT2D eigenvalue weighted by Crippen LogP contribution is 2.33. The third-order valence-corrected chi connectivity index (χ3v) is 3.14. The number of aromatic hydroxyl groups is 2. The number of benzene rings is 2. The Bertz CT molecular complexity index is 615. The van der Waals surface area contributed by atoms with Crippen LogP contribution in [0.2, 0.25) is 0 Å². The minimum atomic E-state index is -0.197. The molecule has 0 amide bonds. The molecular formula is C15H16O3. The molecule has 3 heteroatoms. The first kappa shape index (κ1) is 12.4. The molecule has 0 saturated carbocycles. The summed E-state index contributed by atoms with van der Waals surface area (Å²) in [6.45, 7) is 3.83. The number of carbonyl (C=O) groups is 1. The van der Waals surface area contributed by atoms with Gasteiger partial charge in [-0.3, -0.25) is 4.79 Å². The van der Waals surface area contributed by atoms with E-state index in [1.807, 2.05) is 26.0 Å². The molecule has 0 heterocycles. The fourth-order valence-electron chi connectivity index (χ4n) is 2.08. The Labute approximate surface area is 106 Å². The standard InChI is InChI=1S/C15H16O3/c1-3-9-5-10-7-14(17)15(18)8-11(10)12(6-9)13(16)4-2/h5-8,17-18H,3-4H2,1-2H3. The molecule has 0 radical (unpaired) electrons. The van der Waals surface area contributed by atoms with Crippen LogP contribution in [0, 0.1) is 0 Å². The highest BCUT2D eigenvalue weighted by Gasteiger charge is 2.12. The number of Topliss-reactive ketones (excluding diaryl/α,β-unsaturated/α-hetero) is 1. The Balaban J connectivity index is 2.81. The predicted octanol–water partition coefficient (Wildman–Crippen LogP) is 3.41. The predicted molar refractivity (Wildman–Crippen MR) is 71.3 cm³/mol. The van der Waals surface area contributed by atoms with Crippen LogP contribution < -0.4 is 0 Å². The molecule has 0 saturated heterocycles. The molecule has 2 aromatic carbocycles. The average Bonchev–Trinajstić information content (AvgIpc) is 2.38. The molecule has 2 rings (SSSR count). The zero-order chi connectivity index (χ0) is 13.3. The second-order valence-corrected chi connectivity index (χ2v) is 4.34. The largest absolute Gasteiger partial charge is 0.504 e. The van der Waals surface area contributed by atoms with Crippen molar-refractivity contribution in [2.24, 2.45) is 0 Å².